The van der Waals surface area contributed by atoms with Crippen LogP contribution in [-0.4, -0.2) is 39.2 Å². The minimum Gasteiger partial charge on any atom is -0.380 e. The fraction of sp³-hybridized carbons (Fsp3) is 0.667. The third-order valence-electron chi connectivity index (χ3n) is 2.52. The van der Waals surface area contributed by atoms with Crippen molar-refractivity contribution in [1.29, 1.82) is 0 Å². The molecule has 0 fully saturated rings. The normalized spacial score (nSPS) is 13.6. The van der Waals surface area contributed by atoms with Crippen molar-refractivity contribution in [3.63, 3.8) is 0 Å². The second-order valence-corrected chi connectivity index (χ2v) is 6.04. The van der Waals surface area contributed by atoms with Crippen LogP contribution in [0.3, 0.4) is 0 Å². The summed E-state index contributed by atoms with van der Waals surface area (Å²) in [5.41, 5.74) is 0.847. The summed E-state index contributed by atoms with van der Waals surface area (Å²) in [6, 6.07) is 1.38. The molecule has 1 heterocycles. The van der Waals surface area contributed by atoms with Crippen LogP contribution in [0, 0.1) is 0 Å². The highest BCUT2D eigenvalue weighted by atomic mass is 32.2. The molecule has 0 aliphatic carbocycles. The molecule has 0 amide bonds. The van der Waals surface area contributed by atoms with E-state index in [1.165, 1.54) is 6.20 Å². The molecule has 0 radical (unpaired) electrons. The first-order chi connectivity index (χ1) is 8.99. The van der Waals surface area contributed by atoms with Crippen LogP contribution < -0.4 is 10.0 Å². The number of nitrogens with one attached hydrogen (secondary N) is 3. The van der Waals surface area contributed by atoms with Gasteiger partial charge in [-0.25, -0.2) is 13.1 Å². The predicted molar refractivity (Wildman–Crippen MR) is 74.4 cm³/mol. The lowest BCUT2D eigenvalue weighted by Gasteiger charge is -2.12. The molecule has 1 aromatic heterocycles. The molecule has 0 aliphatic heterocycles. The summed E-state index contributed by atoms with van der Waals surface area (Å²) >= 11 is 0. The van der Waals surface area contributed by atoms with E-state index in [1.54, 1.807) is 13.0 Å². The highest BCUT2D eigenvalue weighted by Gasteiger charge is 2.18. The summed E-state index contributed by atoms with van der Waals surface area (Å²) in [4.78, 5) is 3.20. The van der Waals surface area contributed by atoms with Crippen LogP contribution in [0.4, 0.5) is 0 Å². The Labute approximate surface area is 115 Å². The number of hydrogen-bond donors (Lipinski definition) is 3. The topological polar surface area (TPSA) is 83.2 Å². The predicted octanol–water partition coefficient (Wildman–Crippen LogP) is 0.828. The average molecular weight is 289 g/mol. The van der Waals surface area contributed by atoms with Gasteiger partial charge in [-0.2, -0.15) is 0 Å². The Hall–Kier alpha value is -0.890. The average Bonchev–Trinajstić information content (AvgIpc) is 2.83. The van der Waals surface area contributed by atoms with E-state index in [0.29, 0.717) is 19.8 Å². The minimum absolute atomic E-state index is 0.253. The van der Waals surface area contributed by atoms with E-state index in [4.69, 9.17) is 4.74 Å². The van der Waals surface area contributed by atoms with Crippen molar-refractivity contribution < 1.29 is 13.2 Å². The van der Waals surface area contributed by atoms with Crippen molar-refractivity contribution in [2.75, 3.05) is 19.8 Å². The molecule has 1 atom stereocenters. The van der Waals surface area contributed by atoms with Gasteiger partial charge in [0.05, 0.1) is 11.5 Å². The van der Waals surface area contributed by atoms with Crippen molar-refractivity contribution in [2.24, 2.45) is 0 Å². The number of rotatable bonds is 9. The first-order valence-electron chi connectivity index (χ1n) is 6.47. The number of aromatic amines is 1. The lowest BCUT2D eigenvalue weighted by molar-refractivity contribution is 0.133. The van der Waals surface area contributed by atoms with E-state index in [9.17, 15) is 8.42 Å². The first-order valence-corrected chi connectivity index (χ1v) is 7.96. The fourth-order valence-electron chi connectivity index (χ4n) is 1.60. The Kier molecular flexibility index (Phi) is 6.50. The van der Waals surface area contributed by atoms with Crippen molar-refractivity contribution in [2.45, 2.75) is 38.3 Å². The van der Waals surface area contributed by atoms with Gasteiger partial charge in [0.15, 0.2) is 0 Å². The monoisotopic (exact) mass is 289 g/mol. The van der Waals surface area contributed by atoms with E-state index in [0.717, 1.165) is 12.2 Å². The van der Waals surface area contributed by atoms with E-state index in [2.05, 4.69) is 15.0 Å². The number of hydrogen-bond acceptors (Lipinski definition) is 4. The first kappa shape index (κ1) is 16.2. The smallest absolute Gasteiger partial charge is 0.242 e. The van der Waals surface area contributed by atoms with Crippen molar-refractivity contribution in [3.8, 4) is 0 Å². The molecule has 6 nitrogen and oxygen atoms in total. The van der Waals surface area contributed by atoms with Gasteiger partial charge in [-0.3, -0.25) is 0 Å². The quantitative estimate of drug-likeness (QED) is 0.629. The molecule has 7 heteroatoms. The summed E-state index contributed by atoms with van der Waals surface area (Å²) < 4.78 is 31.9. The van der Waals surface area contributed by atoms with Crippen molar-refractivity contribution >= 4 is 10.0 Å². The van der Waals surface area contributed by atoms with Crippen LogP contribution in [0.15, 0.2) is 17.2 Å². The summed E-state index contributed by atoms with van der Waals surface area (Å²) in [5.74, 6) is 0. The molecule has 110 valence electrons. The van der Waals surface area contributed by atoms with Gasteiger partial charge in [0.1, 0.15) is 0 Å². The number of sulfonamides is 1. The van der Waals surface area contributed by atoms with Gasteiger partial charge in [-0.15, -0.1) is 0 Å². The molecule has 3 N–H and O–H groups in total. The van der Waals surface area contributed by atoms with Gasteiger partial charge in [0, 0.05) is 31.1 Å². The zero-order valence-electron chi connectivity index (χ0n) is 11.7. The van der Waals surface area contributed by atoms with Crippen LogP contribution in [0.25, 0.3) is 0 Å². The summed E-state index contributed by atoms with van der Waals surface area (Å²) in [6.45, 7) is 8.05. The van der Waals surface area contributed by atoms with E-state index < -0.39 is 10.0 Å². The summed E-state index contributed by atoms with van der Waals surface area (Å²) in [6.07, 6.45) is 1.50. The Morgan fingerprint density at radius 3 is 2.79 bits per heavy atom. The third kappa shape index (κ3) is 5.32. The number of H-pyrrole nitrogens is 1. The van der Waals surface area contributed by atoms with Crippen LogP contribution in [0.1, 0.15) is 26.5 Å². The molecule has 0 bridgehead atoms. The molecule has 0 saturated heterocycles. The third-order valence-corrected chi connectivity index (χ3v) is 4.09. The number of ether oxygens (including phenoxy) is 1. The van der Waals surface area contributed by atoms with E-state index in [1.807, 2.05) is 13.8 Å². The van der Waals surface area contributed by atoms with Crippen molar-refractivity contribution in [1.82, 2.24) is 15.0 Å². The fourth-order valence-corrected chi connectivity index (χ4v) is 2.84. The minimum atomic E-state index is -3.48. The van der Waals surface area contributed by atoms with E-state index >= 15 is 0 Å². The largest absolute Gasteiger partial charge is 0.380 e. The SMILES string of the molecule is CCNCc1cc(S(=O)(=O)NC(C)COCC)c[nH]1. The van der Waals surface area contributed by atoms with Gasteiger partial charge in [0.25, 0.3) is 0 Å². The summed E-state index contributed by atoms with van der Waals surface area (Å²) in [7, 11) is -3.48. The molecule has 0 spiro atoms. The van der Waals surface area contributed by atoms with Gasteiger partial charge >= 0.3 is 0 Å². The Balaban J connectivity index is 2.63. The van der Waals surface area contributed by atoms with E-state index in [-0.39, 0.29) is 10.9 Å². The highest BCUT2D eigenvalue weighted by molar-refractivity contribution is 7.89. The van der Waals surface area contributed by atoms with Crippen LogP contribution in [-0.2, 0) is 21.3 Å². The zero-order chi connectivity index (χ0) is 14.3. The maximum atomic E-state index is 12.1. The molecule has 0 saturated carbocycles. The lowest BCUT2D eigenvalue weighted by atomic mass is 10.4. The Morgan fingerprint density at radius 2 is 2.16 bits per heavy atom. The highest BCUT2D eigenvalue weighted by Crippen LogP contribution is 2.11. The summed E-state index contributed by atoms with van der Waals surface area (Å²) in [5, 5.41) is 3.13. The molecule has 0 aliphatic rings. The molecule has 19 heavy (non-hydrogen) atoms. The molecule has 1 aromatic rings. The van der Waals surface area contributed by atoms with Gasteiger partial charge < -0.3 is 15.0 Å². The maximum absolute atomic E-state index is 12.1. The Bertz CT molecular complexity index is 470. The van der Waals surface area contributed by atoms with Gasteiger partial charge in [-0.05, 0) is 26.5 Å². The zero-order valence-corrected chi connectivity index (χ0v) is 12.5. The van der Waals surface area contributed by atoms with Crippen LogP contribution in [0.5, 0.6) is 0 Å². The van der Waals surface area contributed by atoms with Crippen LogP contribution >= 0.6 is 0 Å². The molecular formula is C12H23N3O3S. The molecular weight excluding hydrogens is 266 g/mol. The standard InChI is InChI=1S/C12H23N3O3S/c1-4-13-7-11-6-12(8-14-11)19(16,17)15-10(3)9-18-5-2/h6,8,10,13-15H,4-5,7,9H2,1-3H3. The number of aromatic nitrogens is 1. The molecule has 1 rings (SSSR count). The van der Waals surface area contributed by atoms with Gasteiger partial charge in [-0.1, -0.05) is 6.92 Å². The Morgan fingerprint density at radius 1 is 1.42 bits per heavy atom. The second-order valence-electron chi connectivity index (χ2n) is 4.32. The molecule has 0 aromatic carbocycles. The van der Waals surface area contributed by atoms with Crippen LogP contribution in [0.2, 0.25) is 0 Å². The molecule has 1 unspecified atom stereocenters. The lowest BCUT2D eigenvalue weighted by Crippen LogP contribution is -2.35. The van der Waals surface area contributed by atoms with Crippen molar-refractivity contribution in [3.05, 3.63) is 18.0 Å². The second kappa shape index (κ2) is 7.64. The maximum Gasteiger partial charge on any atom is 0.242 e. The van der Waals surface area contributed by atoms with Gasteiger partial charge in [0.2, 0.25) is 10.0 Å².